The van der Waals surface area contributed by atoms with Crippen LogP contribution in [0.4, 0.5) is 9.59 Å². The number of methoxy groups -OCH3 is 1. The van der Waals surface area contributed by atoms with E-state index in [2.05, 4.69) is 10.6 Å². The van der Waals surface area contributed by atoms with Crippen molar-refractivity contribution in [2.45, 2.75) is 90.8 Å². The molecule has 0 aliphatic rings. The molecular formula is C48H58N2O11. The lowest BCUT2D eigenvalue weighted by Gasteiger charge is -2.28. The van der Waals surface area contributed by atoms with Crippen LogP contribution in [0.25, 0.3) is 0 Å². The molecule has 0 heterocycles. The lowest BCUT2D eigenvalue weighted by Crippen LogP contribution is -2.41. The first-order valence-electron chi connectivity index (χ1n) is 20.5. The summed E-state index contributed by atoms with van der Waals surface area (Å²) in [6, 6.07) is 34.7. The van der Waals surface area contributed by atoms with Crippen molar-refractivity contribution in [3.8, 4) is 5.75 Å². The monoisotopic (exact) mass is 838 g/mol. The number of alkyl carbamates (subject to hydrolysis) is 2. The third-order valence-electron chi connectivity index (χ3n) is 9.42. The predicted octanol–water partition coefficient (Wildman–Crippen LogP) is 8.27. The third kappa shape index (κ3) is 18.2. The average Bonchev–Trinajstić information content (AvgIpc) is 3.26. The van der Waals surface area contributed by atoms with Crippen LogP contribution in [0.5, 0.6) is 5.75 Å². The van der Waals surface area contributed by atoms with Crippen molar-refractivity contribution in [1.82, 2.24) is 10.6 Å². The molecule has 2 N–H and O–H groups in total. The minimum atomic E-state index is -0.920. The molecule has 13 nitrogen and oxygen atoms in total. The van der Waals surface area contributed by atoms with E-state index in [4.69, 9.17) is 28.4 Å². The van der Waals surface area contributed by atoms with Crippen LogP contribution in [0.2, 0.25) is 0 Å². The number of hydrogen-bond acceptors (Lipinski definition) is 11. The van der Waals surface area contributed by atoms with E-state index >= 15 is 0 Å². The van der Waals surface area contributed by atoms with E-state index in [1.54, 1.807) is 20.8 Å². The van der Waals surface area contributed by atoms with Crippen molar-refractivity contribution in [3.63, 3.8) is 0 Å². The Labute approximate surface area is 358 Å². The summed E-state index contributed by atoms with van der Waals surface area (Å²) in [7, 11) is 1.24. The van der Waals surface area contributed by atoms with E-state index in [1.807, 2.05) is 115 Å². The fourth-order valence-electron chi connectivity index (χ4n) is 6.28. The fourth-order valence-corrected chi connectivity index (χ4v) is 6.28. The fraction of sp³-hybridized carbons (Fsp3) is 0.396. The Kier molecular flexibility index (Phi) is 19.6. The summed E-state index contributed by atoms with van der Waals surface area (Å²) >= 11 is 0. The molecule has 0 aliphatic carbocycles. The Morgan fingerprint density at radius 3 is 1.70 bits per heavy atom. The van der Waals surface area contributed by atoms with E-state index < -0.39 is 53.6 Å². The first kappa shape index (κ1) is 47.3. The first-order chi connectivity index (χ1) is 29.4. The lowest BCUT2D eigenvalue weighted by molar-refractivity contribution is -0.169. The smallest absolute Gasteiger partial charge is 0.408 e. The Morgan fingerprint density at radius 1 is 0.557 bits per heavy atom. The Hall–Kier alpha value is -6.37. The summed E-state index contributed by atoms with van der Waals surface area (Å²) in [6.07, 6.45) is 0.452. The van der Waals surface area contributed by atoms with Gasteiger partial charge in [-0.1, -0.05) is 103 Å². The molecule has 0 fully saturated rings. The molecule has 2 amide bonds. The molecule has 0 aliphatic heterocycles. The van der Waals surface area contributed by atoms with Gasteiger partial charge in [-0.2, -0.15) is 0 Å². The standard InChI is InChI=1S/C48H58N2O11/c1-48(2,3)61-44(52)40(23-16-30-57-46(54)49-29-15-14-24-42(45(53)56-4)50-47(55)60-34-38-21-12-7-13-22-38)41(43(51)59-33-37-19-10-6-11-20-37)31-35-25-27-39(28-26-35)58-32-36-17-8-5-9-18-36/h5-13,17-22,25-28,40-42H,14-16,23-24,29-34H2,1-4H3,(H,49,54)(H,50,55)/t40-,41+,42-/m0/s1. The molecule has 3 atom stereocenters. The summed E-state index contributed by atoms with van der Waals surface area (Å²) < 4.78 is 33.1. The van der Waals surface area contributed by atoms with Gasteiger partial charge >= 0.3 is 30.1 Å². The number of benzene rings is 4. The van der Waals surface area contributed by atoms with E-state index in [0.29, 0.717) is 25.2 Å². The Morgan fingerprint density at radius 2 is 1.13 bits per heavy atom. The van der Waals surface area contributed by atoms with E-state index in [1.165, 1.54) is 7.11 Å². The second-order valence-electron chi connectivity index (χ2n) is 15.4. The van der Waals surface area contributed by atoms with E-state index in [0.717, 1.165) is 22.3 Å². The summed E-state index contributed by atoms with van der Waals surface area (Å²) in [5, 5.41) is 5.23. The normalized spacial score (nSPS) is 12.5. The van der Waals surface area contributed by atoms with Gasteiger partial charge in [-0.15, -0.1) is 0 Å². The molecule has 0 bridgehead atoms. The van der Waals surface area contributed by atoms with Gasteiger partial charge in [-0.3, -0.25) is 9.59 Å². The zero-order chi connectivity index (χ0) is 43.9. The van der Waals surface area contributed by atoms with Gasteiger partial charge in [0.25, 0.3) is 0 Å². The van der Waals surface area contributed by atoms with Crippen molar-refractivity contribution in [2.75, 3.05) is 20.3 Å². The molecular weight excluding hydrogens is 781 g/mol. The highest BCUT2D eigenvalue weighted by atomic mass is 16.6. The molecule has 61 heavy (non-hydrogen) atoms. The molecule has 326 valence electrons. The highest BCUT2D eigenvalue weighted by Gasteiger charge is 2.37. The first-order valence-corrected chi connectivity index (χ1v) is 20.5. The van der Waals surface area contributed by atoms with Crippen molar-refractivity contribution in [2.24, 2.45) is 11.8 Å². The number of ether oxygens (including phenoxy) is 6. The molecule has 0 saturated heterocycles. The summed E-state index contributed by atoms with van der Waals surface area (Å²) in [6.45, 7) is 6.00. The van der Waals surface area contributed by atoms with Gasteiger partial charge < -0.3 is 39.1 Å². The molecule has 13 heteroatoms. The molecule has 0 radical (unpaired) electrons. The molecule has 0 unspecified atom stereocenters. The van der Waals surface area contributed by atoms with Gasteiger partial charge in [0.1, 0.15) is 37.2 Å². The Balaban J connectivity index is 1.31. The molecule has 0 aromatic heterocycles. The van der Waals surface area contributed by atoms with Crippen LogP contribution >= 0.6 is 0 Å². The van der Waals surface area contributed by atoms with Crippen molar-refractivity contribution < 1.29 is 52.4 Å². The number of nitrogens with one attached hydrogen (secondary N) is 2. The quantitative estimate of drug-likeness (QED) is 0.0420. The topological polar surface area (TPSA) is 165 Å². The third-order valence-corrected chi connectivity index (χ3v) is 9.42. The van der Waals surface area contributed by atoms with E-state index in [9.17, 15) is 24.0 Å². The maximum atomic E-state index is 13.9. The second-order valence-corrected chi connectivity index (χ2v) is 15.4. The zero-order valence-corrected chi connectivity index (χ0v) is 35.5. The highest BCUT2D eigenvalue weighted by Crippen LogP contribution is 2.29. The highest BCUT2D eigenvalue weighted by molar-refractivity contribution is 5.83. The minimum absolute atomic E-state index is 0.0240. The number of unbranched alkanes of at least 4 members (excludes halogenated alkanes) is 1. The molecule has 4 rings (SSSR count). The van der Waals surface area contributed by atoms with Crippen molar-refractivity contribution >= 4 is 30.1 Å². The van der Waals surface area contributed by atoms with Gasteiger partial charge in [0, 0.05) is 6.54 Å². The number of carbonyl (C=O) groups excluding carboxylic acids is 5. The van der Waals surface area contributed by atoms with Gasteiger partial charge in [-0.05, 0) is 93.7 Å². The molecule has 0 spiro atoms. The Bertz CT molecular complexity index is 1940. The summed E-state index contributed by atoms with van der Waals surface area (Å²) in [5.41, 5.74) is 2.63. The molecule has 4 aromatic rings. The van der Waals surface area contributed by atoms with Crippen LogP contribution in [0.3, 0.4) is 0 Å². The van der Waals surface area contributed by atoms with Gasteiger partial charge in [0.05, 0.1) is 25.6 Å². The number of rotatable bonds is 23. The zero-order valence-electron chi connectivity index (χ0n) is 35.5. The summed E-state index contributed by atoms with van der Waals surface area (Å²) in [5.74, 6) is -2.86. The maximum absolute atomic E-state index is 13.9. The van der Waals surface area contributed by atoms with Crippen LogP contribution in [0.1, 0.15) is 75.1 Å². The second kappa shape index (κ2) is 25.3. The SMILES string of the molecule is COC(=O)[C@H](CCCCNC(=O)OCCC[C@H](C(=O)OC(C)(C)C)[C@@H](Cc1ccc(OCc2ccccc2)cc1)C(=O)OCc1ccccc1)NC(=O)OCc1ccccc1. The number of amides is 2. The maximum Gasteiger partial charge on any atom is 0.408 e. The van der Waals surface area contributed by atoms with Crippen LogP contribution in [0.15, 0.2) is 115 Å². The number of carbonyl (C=O) groups is 5. The number of esters is 3. The average molecular weight is 839 g/mol. The van der Waals surface area contributed by atoms with Crippen LogP contribution in [-0.2, 0) is 64.3 Å². The van der Waals surface area contributed by atoms with Crippen LogP contribution in [0, 0.1) is 11.8 Å². The van der Waals surface area contributed by atoms with Gasteiger partial charge in [0.15, 0.2) is 0 Å². The largest absolute Gasteiger partial charge is 0.489 e. The molecule has 0 saturated carbocycles. The van der Waals surface area contributed by atoms with E-state index in [-0.39, 0.29) is 52.0 Å². The van der Waals surface area contributed by atoms with Crippen LogP contribution < -0.4 is 15.4 Å². The number of hydrogen-bond donors (Lipinski definition) is 2. The van der Waals surface area contributed by atoms with Gasteiger partial charge in [0.2, 0.25) is 0 Å². The molecule has 4 aromatic carbocycles. The van der Waals surface area contributed by atoms with Crippen LogP contribution in [-0.4, -0.2) is 62.0 Å². The predicted molar refractivity (Wildman–Crippen MR) is 228 cm³/mol. The lowest BCUT2D eigenvalue weighted by atomic mass is 9.83. The summed E-state index contributed by atoms with van der Waals surface area (Å²) in [4.78, 5) is 64.9. The minimum Gasteiger partial charge on any atom is -0.489 e. The van der Waals surface area contributed by atoms with Crippen molar-refractivity contribution in [1.29, 1.82) is 0 Å². The van der Waals surface area contributed by atoms with Crippen molar-refractivity contribution in [3.05, 3.63) is 138 Å². The van der Waals surface area contributed by atoms with Gasteiger partial charge in [-0.25, -0.2) is 14.4 Å².